The number of carbonyl (C=O) groups excluding carboxylic acids is 1. The number of para-hydroxylation sites is 1. The van der Waals surface area contributed by atoms with E-state index in [1.54, 1.807) is 23.2 Å². The molecule has 19 heavy (non-hydrogen) atoms. The molecule has 1 saturated heterocycles. The first kappa shape index (κ1) is 13.4. The van der Waals surface area contributed by atoms with Crippen molar-refractivity contribution in [2.24, 2.45) is 11.1 Å². The predicted octanol–water partition coefficient (Wildman–Crippen LogP) is 2.53. The second-order valence-corrected chi connectivity index (χ2v) is 4.47. The molecule has 0 bridgehead atoms. The van der Waals surface area contributed by atoms with E-state index in [-0.39, 0.29) is 12.0 Å². The number of carbonyl (C=O) groups is 1. The number of likely N-dealkylation sites (tertiary alicyclic amines) is 1. The minimum absolute atomic E-state index is 0.233. The Morgan fingerprint density at radius 1 is 1.42 bits per heavy atom. The van der Waals surface area contributed by atoms with Crippen molar-refractivity contribution in [3.8, 4) is 5.75 Å². The number of hydrogen-bond acceptors (Lipinski definition) is 4. The molecule has 1 fully saturated rings. The fourth-order valence-corrected chi connectivity index (χ4v) is 2.10. The van der Waals surface area contributed by atoms with Crippen LogP contribution in [-0.4, -0.2) is 37.4 Å². The highest BCUT2D eigenvalue weighted by Crippen LogP contribution is 2.17. The normalized spacial score (nSPS) is 19.4. The topological polar surface area (TPSA) is 51.1 Å². The summed E-state index contributed by atoms with van der Waals surface area (Å²) in [6.07, 6.45) is 3.41. The second-order valence-electron chi connectivity index (χ2n) is 4.47. The Bertz CT molecular complexity index is 434. The van der Waals surface area contributed by atoms with Gasteiger partial charge in [-0.05, 0) is 25.0 Å². The lowest BCUT2D eigenvalue weighted by Crippen LogP contribution is -2.41. The third-order valence-electron chi connectivity index (χ3n) is 3.04. The second kappa shape index (κ2) is 6.78. The maximum atomic E-state index is 12.0. The summed E-state index contributed by atoms with van der Waals surface area (Å²) in [6, 6.07) is 9.10. The quantitative estimate of drug-likeness (QED) is 0.621. The molecule has 0 radical (unpaired) electrons. The van der Waals surface area contributed by atoms with Gasteiger partial charge in [-0.2, -0.15) is 0 Å². The van der Waals surface area contributed by atoms with Gasteiger partial charge in [0.05, 0.1) is 0 Å². The largest absolute Gasteiger partial charge is 0.415 e. The van der Waals surface area contributed by atoms with Gasteiger partial charge in [0.2, 0.25) is 0 Å². The van der Waals surface area contributed by atoms with Gasteiger partial charge in [0.1, 0.15) is 12.9 Å². The maximum absolute atomic E-state index is 12.0. The molecule has 5 nitrogen and oxygen atoms in total. The number of oxime groups is 1. The van der Waals surface area contributed by atoms with Gasteiger partial charge < -0.3 is 14.5 Å². The number of amides is 1. The molecule has 0 aromatic heterocycles. The van der Waals surface area contributed by atoms with Gasteiger partial charge in [0, 0.05) is 25.2 Å². The lowest BCUT2D eigenvalue weighted by Gasteiger charge is -2.29. The van der Waals surface area contributed by atoms with Crippen molar-refractivity contribution in [1.29, 1.82) is 0 Å². The minimum atomic E-state index is -0.304. The molecule has 1 aromatic rings. The zero-order chi connectivity index (χ0) is 13.5. The molecule has 5 heteroatoms. The van der Waals surface area contributed by atoms with Crippen LogP contribution in [0.2, 0.25) is 0 Å². The fraction of sp³-hybridized carbons (Fsp3) is 0.429. The summed E-state index contributed by atoms with van der Waals surface area (Å²) in [5.74, 6) is 0.803. The van der Waals surface area contributed by atoms with E-state index in [2.05, 4.69) is 9.99 Å². The first-order chi connectivity index (χ1) is 9.29. The Hall–Kier alpha value is -2.04. The molecule has 1 aromatic carbocycles. The predicted molar refractivity (Wildman–Crippen MR) is 72.3 cm³/mol. The molecular formula is C14H18N2O3. The number of benzene rings is 1. The molecule has 1 heterocycles. The van der Waals surface area contributed by atoms with Crippen molar-refractivity contribution in [2.75, 3.05) is 20.2 Å². The molecule has 0 aliphatic carbocycles. The standard InChI is InChI=1S/C14H18N2O3/c1-18-15-10-12-6-5-9-16(11-12)14(17)19-13-7-3-2-4-8-13/h2-4,7-8,10,12H,5-6,9,11H2,1H3. The summed E-state index contributed by atoms with van der Waals surface area (Å²) in [4.78, 5) is 18.4. The van der Waals surface area contributed by atoms with Crippen LogP contribution in [0.15, 0.2) is 35.5 Å². The van der Waals surface area contributed by atoms with Crippen molar-refractivity contribution >= 4 is 12.3 Å². The lowest BCUT2D eigenvalue weighted by atomic mass is 10.00. The molecule has 0 N–H and O–H groups in total. The van der Waals surface area contributed by atoms with E-state index in [1.807, 2.05) is 18.2 Å². The number of rotatable bonds is 3. The van der Waals surface area contributed by atoms with E-state index >= 15 is 0 Å². The fourth-order valence-electron chi connectivity index (χ4n) is 2.10. The molecular weight excluding hydrogens is 244 g/mol. The first-order valence-electron chi connectivity index (χ1n) is 6.38. The summed E-state index contributed by atoms with van der Waals surface area (Å²) in [7, 11) is 1.51. The Balaban J connectivity index is 1.90. The highest BCUT2D eigenvalue weighted by molar-refractivity contribution is 5.72. The zero-order valence-electron chi connectivity index (χ0n) is 11.0. The molecule has 1 aliphatic heterocycles. The summed E-state index contributed by atoms with van der Waals surface area (Å²) >= 11 is 0. The van der Waals surface area contributed by atoms with E-state index in [9.17, 15) is 4.79 Å². The van der Waals surface area contributed by atoms with Gasteiger partial charge in [-0.1, -0.05) is 23.4 Å². The SMILES string of the molecule is CON=CC1CCCN(C(=O)Oc2ccccc2)C1. The van der Waals surface area contributed by atoms with Gasteiger partial charge in [0.15, 0.2) is 0 Å². The average molecular weight is 262 g/mol. The van der Waals surface area contributed by atoms with Crippen molar-refractivity contribution in [3.63, 3.8) is 0 Å². The number of ether oxygens (including phenoxy) is 1. The Morgan fingerprint density at radius 3 is 2.95 bits per heavy atom. The van der Waals surface area contributed by atoms with Crippen LogP contribution in [0.4, 0.5) is 4.79 Å². The molecule has 1 aliphatic rings. The number of piperidine rings is 1. The van der Waals surface area contributed by atoms with E-state index < -0.39 is 0 Å². The Morgan fingerprint density at radius 2 is 2.21 bits per heavy atom. The van der Waals surface area contributed by atoms with Crippen molar-refractivity contribution < 1.29 is 14.4 Å². The van der Waals surface area contributed by atoms with Crippen LogP contribution in [0.25, 0.3) is 0 Å². The van der Waals surface area contributed by atoms with E-state index in [1.165, 1.54) is 7.11 Å². The van der Waals surface area contributed by atoms with Crippen molar-refractivity contribution in [2.45, 2.75) is 12.8 Å². The van der Waals surface area contributed by atoms with Gasteiger partial charge in [0.25, 0.3) is 0 Å². The summed E-state index contributed by atoms with van der Waals surface area (Å²) < 4.78 is 5.32. The highest BCUT2D eigenvalue weighted by Gasteiger charge is 2.24. The van der Waals surface area contributed by atoms with Crippen LogP contribution in [-0.2, 0) is 4.84 Å². The highest BCUT2D eigenvalue weighted by atomic mass is 16.6. The van der Waals surface area contributed by atoms with Gasteiger partial charge >= 0.3 is 6.09 Å². The molecule has 2 rings (SSSR count). The third kappa shape index (κ3) is 3.98. The van der Waals surface area contributed by atoms with E-state index in [4.69, 9.17) is 4.74 Å². The van der Waals surface area contributed by atoms with Crippen LogP contribution >= 0.6 is 0 Å². The Kier molecular flexibility index (Phi) is 4.78. The molecule has 1 atom stereocenters. The monoisotopic (exact) mass is 262 g/mol. The van der Waals surface area contributed by atoms with Crippen molar-refractivity contribution in [1.82, 2.24) is 4.90 Å². The van der Waals surface area contributed by atoms with Crippen LogP contribution in [0, 0.1) is 5.92 Å². The molecule has 0 spiro atoms. The molecule has 1 unspecified atom stereocenters. The number of hydrogen-bond donors (Lipinski definition) is 0. The van der Waals surface area contributed by atoms with E-state index in [0.717, 1.165) is 19.4 Å². The zero-order valence-corrected chi connectivity index (χ0v) is 11.0. The van der Waals surface area contributed by atoms with Gasteiger partial charge in [-0.25, -0.2) is 4.79 Å². The maximum Gasteiger partial charge on any atom is 0.415 e. The molecule has 1 amide bonds. The average Bonchev–Trinajstić information content (AvgIpc) is 2.46. The van der Waals surface area contributed by atoms with E-state index in [0.29, 0.717) is 12.3 Å². The summed E-state index contributed by atoms with van der Waals surface area (Å²) in [5, 5.41) is 3.77. The first-order valence-corrected chi connectivity index (χ1v) is 6.38. The molecule has 102 valence electrons. The van der Waals surface area contributed by atoms with Gasteiger partial charge in [-0.3, -0.25) is 0 Å². The van der Waals surface area contributed by atoms with Crippen LogP contribution in [0.1, 0.15) is 12.8 Å². The van der Waals surface area contributed by atoms with Crippen LogP contribution in [0.3, 0.4) is 0 Å². The lowest BCUT2D eigenvalue weighted by molar-refractivity contribution is 0.135. The minimum Gasteiger partial charge on any atom is -0.410 e. The Labute approximate surface area is 112 Å². The third-order valence-corrected chi connectivity index (χ3v) is 3.04. The van der Waals surface area contributed by atoms with Crippen LogP contribution < -0.4 is 4.74 Å². The number of nitrogens with zero attached hydrogens (tertiary/aromatic N) is 2. The smallest absolute Gasteiger partial charge is 0.410 e. The summed E-state index contributed by atoms with van der Waals surface area (Å²) in [5.41, 5.74) is 0. The summed E-state index contributed by atoms with van der Waals surface area (Å²) in [6.45, 7) is 1.35. The van der Waals surface area contributed by atoms with Gasteiger partial charge in [-0.15, -0.1) is 0 Å². The molecule has 0 saturated carbocycles. The van der Waals surface area contributed by atoms with Crippen LogP contribution in [0.5, 0.6) is 5.75 Å². The van der Waals surface area contributed by atoms with Crippen molar-refractivity contribution in [3.05, 3.63) is 30.3 Å².